The van der Waals surface area contributed by atoms with Gasteiger partial charge in [0.15, 0.2) is 0 Å². The Morgan fingerprint density at radius 2 is 1.86 bits per heavy atom. The molecule has 0 spiro atoms. The van der Waals surface area contributed by atoms with Crippen molar-refractivity contribution in [3.05, 3.63) is 90.1 Å². The zero-order chi connectivity index (χ0) is 24.9. The maximum absolute atomic E-state index is 13.1. The molecule has 4 aromatic rings. The minimum atomic E-state index is -0.549. The summed E-state index contributed by atoms with van der Waals surface area (Å²) >= 11 is 0. The van der Waals surface area contributed by atoms with E-state index in [4.69, 9.17) is 10.5 Å². The van der Waals surface area contributed by atoms with Crippen molar-refractivity contribution in [3.63, 3.8) is 0 Å². The van der Waals surface area contributed by atoms with Crippen LogP contribution in [0.3, 0.4) is 0 Å². The van der Waals surface area contributed by atoms with Gasteiger partial charge in [-0.2, -0.15) is 0 Å². The quantitative estimate of drug-likeness (QED) is 0.342. The fourth-order valence-corrected chi connectivity index (χ4v) is 4.78. The molecule has 1 atom stereocenters. The van der Waals surface area contributed by atoms with Gasteiger partial charge in [0.1, 0.15) is 12.6 Å². The monoisotopic (exact) mass is 482 g/mol. The van der Waals surface area contributed by atoms with E-state index in [0.717, 1.165) is 40.4 Å². The molecule has 1 fully saturated rings. The number of amides is 2. The molecule has 36 heavy (non-hydrogen) atoms. The summed E-state index contributed by atoms with van der Waals surface area (Å²) in [5.74, 6) is -0.201. The topological polar surface area (TPSA) is 100 Å². The van der Waals surface area contributed by atoms with Gasteiger partial charge in [0.05, 0.1) is 0 Å². The molecule has 0 radical (unpaired) electrons. The Labute approximate surface area is 210 Å². The summed E-state index contributed by atoms with van der Waals surface area (Å²) < 4.78 is 5.47. The molecule has 2 amide bonds. The lowest BCUT2D eigenvalue weighted by molar-refractivity contribution is -0.120. The second-order valence-corrected chi connectivity index (χ2v) is 9.07. The third kappa shape index (κ3) is 5.11. The molecule has 4 N–H and O–H groups in total. The molecule has 1 aliphatic rings. The molecule has 0 aliphatic carbocycles. The number of hydrogen-bond donors (Lipinski definition) is 3. The van der Waals surface area contributed by atoms with Crippen molar-refractivity contribution in [2.45, 2.75) is 31.9 Å². The number of nitrogens with one attached hydrogen (secondary N) is 2. The number of carbonyl (C=O) groups excluding carboxylic acids is 2. The number of hydrogen-bond acceptors (Lipinski definition) is 4. The van der Waals surface area contributed by atoms with E-state index in [1.807, 2.05) is 60.8 Å². The molecule has 0 saturated carbocycles. The molecular formula is C29H30N4O3. The molecule has 5 rings (SSSR count). The molecule has 0 bridgehead atoms. The van der Waals surface area contributed by atoms with E-state index in [1.54, 1.807) is 0 Å². The van der Waals surface area contributed by atoms with Gasteiger partial charge in [-0.05, 0) is 72.3 Å². The highest BCUT2D eigenvalue weighted by Gasteiger charge is 2.35. The van der Waals surface area contributed by atoms with Gasteiger partial charge < -0.3 is 20.8 Å². The van der Waals surface area contributed by atoms with E-state index >= 15 is 0 Å². The summed E-state index contributed by atoms with van der Waals surface area (Å²) in [6.45, 7) is 1.29. The summed E-state index contributed by atoms with van der Waals surface area (Å²) in [5.41, 5.74) is 11.7. The first kappa shape index (κ1) is 23.6. The van der Waals surface area contributed by atoms with Crippen LogP contribution in [0.2, 0.25) is 0 Å². The summed E-state index contributed by atoms with van der Waals surface area (Å²) in [6, 6.07) is 23.0. The highest BCUT2D eigenvalue weighted by molar-refractivity contribution is 5.97. The fraction of sp³-hybridized carbons (Fsp3) is 0.241. The minimum Gasteiger partial charge on any atom is -0.445 e. The Hall–Kier alpha value is -4.10. The third-order valence-electron chi connectivity index (χ3n) is 6.64. The van der Waals surface area contributed by atoms with E-state index in [1.165, 1.54) is 10.5 Å². The average Bonchev–Trinajstić information content (AvgIpc) is 3.56. The number of ether oxygens (including phenoxy) is 1. The lowest BCUT2D eigenvalue weighted by atomic mass is 10.0. The highest BCUT2D eigenvalue weighted by atomic mass is 16.6. The summed E-state index contributed by atoms with van der Waals surface area (Å²) in [4.78, 5) is 30.7. The zero-order valence-electron chi connectivity index (χ0n) is 20.1. The largest absolute Gasteiger partial charge is 0.445 e. The van der Waals surface area contributed by atoms with Gasteiger partial charge >= 0.3 is 6.09 Å². The van der Waals surface area contributed by atoms with Gasteiger partial charge in [0, 0.05) is 29.3 Å². The Balaban J connectivity index is 1.27. The second kappa shape index (κ2) is 10.7. The molecule has 1 saturated heterocycles. The van der Waals surface area contributed by atoms with Crippen LogP contribution in [0.4, 0.5) is 10.5 Å². The van der Waals surface area contributed by atoms with Gasteiger partial charge in [-0.1, -0.05) is 48.5 Å². The number of anilines is 1. The van der Waals surface area contributed by atoms with Crippen molar-refractivity contribution in [3.8, 4) is 11.1 Å². The maximum Gasteiger partial charge on any atom is 0.410 e. The molecule has 7 nitrogen and oxygen atoms in total. The molecular weight excluding hydrogens is 452 g/mol. The molecule has 7 heteroatoms. The van der Waals surface area contributed by atoms with Crippen molar-refractivity contribution >= 4 is 28.6 Å². The van der Waals surface area contributed by atoms with Crippen LogP contribution in [0.5, 0.6) is 0 Å². The van der Waals surface area contributed by atoms with E-state index in [-0.39, 0.29) is 12.5 Å². The number of aromatic nitrogens is 1. The number of aromatic amines is 1. The van der Waals surface area contributed by atoms with Crippen molar-refractivity contribution in [1.82, 2.24) is 9.88 Å². The standard InChI is InChI=1S/C29H30N4O3/c30-14-13-23-18-31-26-12-11-22(17-25(23)26)21-8-4-9-24(16-21)32-28(34)27-10-5-15-33(27)29(35)36-19-20-6-2-1-3-7-20/h1-4,6-9,11-12,16-18,27,31H,5,10,13-15,19,30H2,(H,32,34)/t27-/m0/s1. The van der Waals surface area contributed by atoms with Gasteiger partial charge in [-0.3, -0.25) is 9.69 Å². The van der Waals surface area contributed by atoms with E-state index in [0.29, 0.717) is 25.2 Å². The number of carbonyl (C=O) groups is 2. The number of nitrogens with zero attached hydrogens (tertiary/aromatic N) is 1. The van der Waals surface area contributed by atoms with Crippen LogP contribution in [-0.2, 0) is 22.6 Å². The van der Waals surface area contributed by atoms with Gasteiger partial charge in [0.25, 0.3) is 0 Å². The summed E-state index contributed by atoms with van der Waals surface area (Å²) in [7, 11) is 0. The van der Waals surface area contributed by atoms with E-state index < -0.39 is 12.1 Å². The molecule has 0 unspecified atom stereocenters. The van der Waals surface area contributed by atoms with E-state index in [9.17, 15) is 9.59 Å². The summed E-state index contributed by atoms with van der Waals surface area (Å²) in [5, 5.41) is 4.16. The minimum absolute atomic E-state index is 0.186. The number of rotatable bonds is 7. The molecule has 1 aliphatic heterocycles. The van der Waals surface area contributed by atoms with Gasteiger partial charge in [-0.15, -0.1) is 0 Å². The SMILES string of the molecule is NCCc1c[nH]c2ccc(-c3cccc(NC(=O)[C@@H]4CCCN4C(=O)OCc4ccccc4)c3)cc12. The normalized spacial score (nSPS) is 15.2. The zero-order valence-corrected chi connectivity index (χ0v) is 20.1. The number of benzene rings is 3. The Morgan fingerprint density at radius 1 is 1.03 bits per heavy atom. The number of nitrogens with two attached hydrogens (primary N) is 1. The fourth-order valence-electron chi connectivity index (χ4n) is 4.78. The van der Waals surface area contributed by atoms with Crippen molar-refractivity contribution in [1.29, 1.82) is 0 Å². The van der Waals surface area contributed by atoms with Crippen LogP contribution in [-0.4, -0.2) is 41.0 Å². The Kier molecular flexibility index (Phi) is 7.00. The number of H-pyrrole nitrogens is 1. The smallest absolute Gasteiger partial charge is 0.410 e. The number of likely N-dealkylation sites (tertiary alicyclic amines) is 1. The van der Waals surface area contributed by atoms with Crippen LogP contribution in [0.15, 0.2) is 79.0 Å². The third-order valence-corrected chi connectivity index (χ3v) is 6.64. The van der Waals surface area contributed by atoms with Crippen LogP contribution in [0.1, 0.15) is 24.0 Å². The average molecular weight is 483 g/mol. The molecule has 2 heterocycles. The maximum atomic E-state index is 13.1. The van der Waals surface area contributed by atoms with Gasteiger partial charge in [-0.25, -0.2) is 4.79 Å². The van der Waals surface area contributed by atoms with Crippen molar-refractivity contribution in [2.75, 3.05) is 18.4 Å². The van der Waals surface area contributed by atoms with Crippen LogP contribution in [0.25, 0.3) is 22.0 Å². The van der Waals surface area contributed by atoms with Crippen LogP contribution < -0.4 is 11.1 Å². The van der Waals surface area contributed by atoms with Crippen LogP contribution >= 0.6 is 0 Å². The van der Waals surface area contributed by atoms with E-state index in [2.05, 4.69) is 28.5 Å². The molecule has 1 aromatic heterocycles. The van der Waals surface area contributed by atoms with Crippen molar-refractivity contribution < 1.29 is 14.3 Å². The predicted octanol–water partition coefficient (Wildman–Crippen LogP) is 5.08. The first-order chi connectivity index (χ1) is 17.6. The lowest BCUT2D eigenvalue weighted by Crippen LogP contribution is -2.43. The van der Waals surface area contributed by atoms with Gasteiger partial charge in [0.2, 0.25) is 5.91 Å². The molecule has 184 valence electrons. The molecule has 3 aromatic carbocycles. The first-order valence-electron chi connectivity index (χ1n) is 12.3. The predicted molar refractivity (Wildman–Crippen MR) is 141 cm³/mol. The Bertz CT molecular complexity index is 1370. The summed E-state index contributed by atoms with van der Waals surface area (Å²) in [6.07, 6.45) is 3.74. The second-order valence-electron chi connectivity index (χ2n) is 9.07. The van der Waals surface area contributed by atoms with Crippen molar-refractivity contribution in [2.24, 2.45) is 5.73 Å². The number of fused-ring (bicyclic) bond motifs is 1. The highest BCUT2D eigenvalue weighted by Crippen LogP contribution is 2.29. The first-order valence-corrected chi connectivity index (χ1v) is 12.3. The van der Waals surface area contributed by atoms with Crippen LogP contribution in [0, 0.1) is 0 Å². The Morgan fingerprint density at radius 3 is 2.69 bits per heavy atom. The lowest BCUT2D eigenvalue weighted by Gasteiger charge is -2.23.